The van der Waals surface area contributed by atoms with Crippen LogP contribution in [0.1, 0.15) is 58.3 Å². The highest BCUT2D eigenvalue weighted by Gasteiger charge is 2.18. The molecule has 0 saturated carbocycles. The Hall–Kier alpha value is -0.420. The number of rotatable bonds is 10. The zero-order valence-electron chi connectivity index (χ0n) is 9.85. The number of hydrogen-bond donors (Lipinski definition) is 2. The minimum Gasteiger partial charge on any atom is -0.481 e. The molecule has 0 bridgehead atoms. The first kappa shape index (κ1) is 15.6. The van der Waals surface area contributed by atoms with Crippen molar-refractivity contribution in [2.45, 2.75) is 63.5 Å². The van der Waals surface area contributed by atoms with Crippen molar-refractivity contribution in [1.29, 1.82) is 0 Å². The third-order valence-electron chi connectivity index (χ3n) is 2.57. The molecule has 0 aliphatic heterocycles. The van der Waals surface area contributed by atoms with E-state index in [1.165, 1.54) is 19.3 Å². The molecule has 16 heavy (non-hydrogen) atoms. The maximum absolute atomic E-state index is 10.8. The van der Waals surface area contributed by atoms with Crippen LogP contribution in [0.25, 0.3) is 0 Å². The minimum atomic E-state index is -2.01. The van der Waals surface area contributed by atoms with Gasteiger partial charge in [-0.2, -0.15) is 0 Å². The summed E-state index contributed by atoms with van der Waals surface area (Å²) in [7, 11) is 0. The van der Waals surface area contributed by atoms with E-state index in [-0.39, 0.29) is 6.42 Å². The van der Waals surface area contributed by atoms with E-state index in [4.69, 9.17) is 9.66 Å². The van der Waals surface area contributed by atoms with Gasteiger partial charge in [-0.3, -0.25) is 4.79 Å². The van der Waals surface area contributed by atoms with Crippen LogP contribution in [-0.2, 0) is 15.9 Å². The molecule has 0 rings (SSSR count). The Morgan fingerprint density at radius 1 is 1.19 bits per heavy atom. The molecule has 5 heteroatoms. The summed E-state index contributed by atoms with van der Waals surface area (Å²) in [6.07, 6.45) is 6.93. The predicted octanol–water partition coefficient (Wildman–Crippen LogP) is 2.80. The van der Waals surface area contributed by atoms with E-state index in [1.54, 1.807) is 0 Å². The fourth-order valence-corrected chi connectivity index (χ4v) is 2.27. The monoisotopic (exact) mass is 250 g/mol. The molecule has 2 atom stereocenters. The number of carboxylic acid groups (broad SMARTS) is 1. The number of unbranched alkanes of at least 4 members (excludes halogenated alkanes) is 5. The Kier molecular flexibility index (Phi) is 9.52. The number of carboxylic acids is 1. The number of aliphatic carboxylic acids is 1. The number of hydrogen-bond acceptors (Lipinski definition) is 2. The van der Waals surface area contributed by atoms with Crippen molar-refractivity contribution in [1.82, 2.24) is 0 Å². The SMILES string of the molecule is CCCCCCCCC(CC(=O)O)S(=O)O. The van der Waals surface area contributed by atoms with Gasteiger partial charge in [0.15, 0.2) is 11.1 Å². The van der Waals surface area contributed by atoms with Crippen LogP contribution in [0.3, 0.4) is 0 Å². The quantitative estimate of drug-likeness (QED) is 0.462. The Morgan fingerprint density at radius 3 is 2.25 bits per heavy atom. The van der Waals surface area contributed by atoms with Crippen LogP contribution in [0.2, 0.25) is 0 Å². The summed E-state index contributed by atoms with van der Waals surface area (Å²) in [6, 6.07) is 0. The molecule has 4 nitrogen and oxygen atoms in total. The smallest absolute Gasteiger partial charge is 0.304 e. The topological polar surface area (TPSA) is 74.6 Å². The minimum absolute atomic E-state index is 0.210. The molecular formula is C11H22O4S. The normalized spacial score (nSPS) is 14.6. The number of carbonyl (C=O) groups is 1. The largest absolute Gasteiger partial charge is 0.481 e. The average molecular weight is 250 g/mol. The second-order valence-electron chi connectivity index (χ2n) is 4.05. The van der Waals surface area contributed by atoms with Crippen LogP contribution in [0.5, 0.6) is 0 Å². The van der Waals surface area contributed by atoms with E-state index < -0.39 is 22.3 Å². The van der Waals surface area contributed by atoms with E-state index >= 15 is 0 Å². The van der Waals surface area contributed by atoms with Crippen molar-refractivity contribution in [3.63, 3.8) is 0 Å². The summed E-state index contributed by atoms with van der Waals surface area (Å²) in [5, 5.41) is 7.95. The molecule has 2 unspecified atom stereocenters. The lowest BCUT2D eigenvalue weighted by molar-refractivity contribution is -0.137. The van der Waals surface area contributed by atoms with Gasteiger partial charge in [-0.1, -0.05) is 45.4 Å². The van der Waals surface area contributed by atoms with Gasteiger partial charge < -0.3 is 9.66 Å². The van der Waals surface area contributed by atoms with Gasteiger partial charge in [0.2, 0.25) is 0 Å². The average Bonchev–Trinajstić information content (AvgIpc) is 2.20. The van der Waals surface area contributed by atoms with E-state index in [1.807, 2.05) is 0 Å². The highest BCUT2D eigenvalue weighted by Crippen LogP contribution is 2.13. The highest BCUT2D eigenvalue weighted by molar-refractivity contribution is 7.79. The summed E-state index contributed by atoms with van der Waals surface area (Å²) in [5.41, 5.74) is 0. The Morgan fingerprint density at radius 2 is 1.75 bits per heavy atom. The molecule has 0 spiro atoms. The maximum Gasteiger partial charge on any atom is 0.304 e. The third kappa shape index (κ3) is 8.85. The molecule has 0 amide bonds. The molecule has 0 fully saturated rings. The van der Waals surface area contributed by atoms with Crippen LogP contribution < -0.4 is 0 Å². The van der Waals surface area contributed by atoms with Gasteiger partial charge in [0.05, 0.1) is 11.7 Å². The van der Waals surface area contributed by atoms with E-state index in [0.717, 1.165) is 19.3 Å². The first-order valence-corrected chi connectivity index (χ1v) is 7.06. The van der Waals surface area contributed by atoms with Gasteiger partial charge in [-0.05, 0) is 6.42 Å². The summed E-state index contributed by atoms with van der Waals surface area (Å²) < 4.78 is 19.8. The van der Waals surface area contributed by atoms with Crippen LogP contribution >= 0.6 is 0 Å². The van der Waals surface area contributed by atoms with E-state index in [2.05, 4.69) is 6.92 Å². The van der Waals surface area contributed by atoms with Crippen LogP contribution in [-0.4, -0.2) is 25.1 Å². The summed E-state index contributed by atoms with van der Waals surface area (Å²) in [5.74, 6) is -1.00. The lowest BCUT2D eigenvalue weighted by atomic mass is 10.1. The van der Waals surface area contributed by atoms with Crippen molar-refractivity contribution in [3.05, 3.63) is 0 Å². The zero-order chi connectivity index (χ0) is 12.4. The van der Waals surface area contributed by atoms with Crippen molar-refractivity contribution >= 4 is 17.0 Å². The van der Waals surface area contributed by atoms with E-state index in [9.17, 15) is 9.00 Å². The molecule has 96 valence electrons. The molecule has 0 aromatic heterocycles. The van der Waals surface area contributed by atoms with Crippen LogP contribution in [0.15, 0.2) is 0 Å². The molecular weight excluding hydrogens is 228 g/mol. The Bertz CT molecular complexity index is 218. The summed E-state index contributed by atoms with van der Waals surface area (Å²) in [4.78, 5) is 10.4. The second kappa shape index (κ2) is 9.78. The van der Waals surface area contributed by atoms with Crippen molar-refractivity contribution in [2.75, 3.05) is 0 Å². The molecule has 0 radical (unpaired) electrons. The van der Waals surface area contributed by atoms with Crippen molar-refractivity contribution in [2.24, 2.45) is 0 Å². The summed E-state index contributed by atoms with van der Waals surface area (Å²) >= 11 is -2.01. The van der Waals surface area contributed by atoms with Gasteiger partial charge in [0.25, 0.3) is 0 Å². The molecule has 0 aromatic rings. The van der Waals surface area contributed by atoms with Gasteiger partial charge in [-0.15, -0.1) is 0 Å². The maximum atomic E-state index is 10.8. The van der Waals surface area contributed by atoms with Crippen LogP contribution in [0, 0.1) is 0 Å². The van der Waals surface area contributed by atoms with E-state index in [0.29, 0.717) is 6.42 Å². The van der Waals surface area contributed by atoms with Gasteiger partial charge >= 0.3 is 5.97 Å². The van der Waals surface area contributed by atoms with Crippen molar-refractivity contribution in [3.8, 4) is 0 Å². The fourth-order valence-electron chi connectivity index (χ4n) is 1.62. The predicted molar refractivity (Wildman–Crippen MR) is 64.8 cm³/mol. The highest BCUT2D eigenvalue weighted by atomic mass is 32.2. The molecule has 0 heterocycles. The van der Waals surface area contributed by atoms with Crippen molar-refractivity contribution < 1.29 is 18.7 Å². The molecule has 0 aliphatic carbocycles. The second-order valence-corrected chi connectivity index (χ2v) is 5.27. The third-order valence-corrected chi connectivity index (χ3v) is 3.54. The van der Waals surface area contributed by atoms with Gasteiger partial charge in [0.1, 0.15) is 0 Å². The molecule has 2 N–H and O–H groups in total. The lowest BCUT2D eigenvalue weighted by Crippen LogP contribution is -2.18. The Labute approximate surface area is 99.7 Å². The van der Waals surface area contributed by atoms with Gasteiger partial charge in [-0.25, -0.2) is 4.21 Å². The van der Waals surface area contributed by atoms with Gasteiger partial charge in [0, 0.05) is 0 Å². The summed E-state index contributed by atoms with van der Waals surface area (Å²) in [6.45, 7) is 2.15. The van der Waals surface area contributed by atoms with Crippen LogP contribution in [0.4, 0.5) is 0 Å². The molecule has 0 aromatic carbocycles. The Balaban J connectivity index is 3.60. The standard InChI is InChI=1S/C11H22O4S/c1-2-3-4-5-6-7-8-10(16(14)15)9-11(12)13/h10H,2-9H2,1H3,(H,12,13)(H,14,15). The molecule has 0 aliphatic rings. The first-order valence-electron chi connectivity index (χ1n) is 5.89. The molecule has 0 saturated heterocycles. The fraction of sp³-hybridized carbons (Fsp3) is 0.909. The first-order chi connectivity index (χ1) is 7.57. The lowest BCUT2D eigenvalue weighted by Gasteiger charge is -2.09. The zero-order valence-corrected chi connectivity index (χ0v) is 10.7.